The van der Waals surface area contributed by atoms with Crippen molar-refractivity contribution in [3.63, 3.8) is 0 Å². The molecule has 32 heavy (non-hydrogen) atoms. The van der Waals surface area contributed by atoms with Crippen LogP contribution in [0.5, 0.6) is 0 Å². The summed E-state index contributed by atoms with van der Waals surface area (Å²) in [6.45, 7) is 8.69. The van der Waals surface area contributed by atoms with E-state index in [1.807, 2.05) is 24.3 Å². The maximum atomic E-state index is 13.2. The third kappa shape index (κ3) is 5.00. The molecule has 0 unspecified atom stereocenters. The van der Waals surface area contributed by atoms with Gasteiger partial charge in [-0.15, -0.1) is 0 Å². The molecule has 0 bridgehead atoms. The van der Waals surface area contributed by atoms with Gasteiger partial charge in [0, 0.05) is 31.4 Å². The molecular weight excluding hydrogens is 398 g/mol. The van der Waals surface area contributed by atoms with Crippen LogP contribution in [0, 0.1) is 16.7 Å². The minimum absolute atomic E-state index is 0.118. The van der Waals surface area contributed by atoms with Gasteiger partial charge in [0.1, 0.15) is 5.69 Å². The fourth-order valence-electron chi connectivity index (χ4n) is 4.66. The van der Waals surface area contributed by atoms with E-state index in [-0.39, 0.29) is 5.91 Å². The predicted molar refractivity (Wildman–Crippen MR) is 127 cm³/mol. The number of nitriles is 1. The normalized spacial score (nSPS) is 16.0. The first kappa shape index (κ1) is 22.0. The number of hydrogen-bond acceptors (Lipinski definition) is 4. The van der Waals surface area contributed by atoms with E-state index in [0.29, 0.717) is 36.2 Å². The molecule has 166 valence electrons. The number of amides is 1. The van der Waals surface area contributed by atoms with E-state index in [1.54, 1.807) is 10.9 Å². The van der Waals surface area contributed by atoms with Crippen LogP contribution >= 0.6 is 0 Å². The Bertz CT molecular complexity index is 1140. The van der Waals surface area contributed by atoms with Crippen molar-refractivity contribution >= 4 is 16.7 Å². The molecule has 0 aliphatic carbocycles. The number of fused-ring (bicyclic) bond motifs is 1. The largest absolute Gasteiger partial charge is 0.351 e. The molecule has 0 radical (unpaired) electrons. The van der Waals surface area contributed by atoms with Gasteiger partial charge in [0.2, 0.25) is 0 Å². The molecule has 6 heteroatoms. The average molecular weight is 430 g/mol. The molecule has 4 rings (SSSR count). The van der Waals surface area contributed by atoms with Crippen LogP contribution in [0.2, 0.25) is 0 Å². The molecule has 0 spiro atoms. The maximum Gasteiger partial charge on any atom is 0.255 e. The molecular formula is C26H31N5O. The molecule has 1 N–H and O–H groups in total. The molecule has 0 saturated carbocycles. The van der Waals surface area contributed by atoms with Crippen molar-refractivity contribution in [1.29, 1.82) is 5.26 Å². The number of hydrogen-bond donors (Lipinski definition) is 1. The Labute approximate surface area is 189 Å². The summed E-state index contributed by atoms with van der Waals surface area (Å²) in [5.74, 6) is -0.118. The second-order valence-corrected chi connectivity index (χ2v) is 9.39. The molecule has 2 heterocycles. The van der Waals surface area contributed by atoms with Crippen molar-refractivity contribution in [2.45, 2.75) is 39.7 Å². The zero-order valence-electron chi connectivity index (χ0n) is 19.0. The lowest BCUT2D eigenvalue weighted by atomic mass is 9.84. The van der Waals surface area contributed by atoms with E-state index in [9.17, 15) is 4.79 Å². The first-order valence-corrected chi connectivity index (χ1v) is 11.4. The Kier molecular flexibility index (Phi) is 6.57. The lowest BCUT2D eigenvalue weighted by Crippen LogP contribution is -2.43. The monoisotopic (exact) mass is 429 g/mol. The number of benzene rings is 2. The average Bonchev–Trinajstić information content (AvgIpc) is 3.21. The summed E-state index contributed by atoms with van der Waals surface area (Å²) in [5, 5.41) is 18.9. The molecule has 6 nitrogen and oxygen atoms in total. The standard InChI is InChI=1S/C26H31N5O/c1-26(2)12-6-15-30(19-26)17-14-28-25(32)23-18-31(16-7-13-27)29-24(23)22-11-5-9-20-8-3-4-10-21(20)22/h3-5,8-11,18H,6-7,12,14-17,19H2,1-2H3,(H,28,32). The number of nitrogens with zero attached hydrogens (tertiary/aromatic N) is 4. The van der Waals surface area contributed by atoms with Crippen molar-refractivity contribution < 1.29 is 4.79 Å². The van der Waals surface area contributed by atoms with Gasteiger partial charge in [-0.05, 0) is 35.6 Å². The Balaban J connectivity index is 1.55. The number of aryl methyl sites for hydroxylation is 1. The van der Waals surface area contributed by atoms with Gasteiger partial charge in [0.25, 0.3) is 5.91 Å². The predicted octanol–water partition coefficient (Wildman–Crippen LogP) is 4.47. The van der Waals surface area contributed by atoms with Gasteiger partial charge in [-0.2, -0.15) is 10.4 Å². The van der Waals surface area contributed by atoms with Crippen LogP contribution in [0.15, 0.2) is 48.7 Å². The highest BCUT2D eigenvalue weighted by Gasteiger charge is 2.26. The number of piperidine rings is 1. The van der Waals surface area contributed by atoms with Gasteiger partial charge < -0.3 is 10.2 Å². The van der Waals surface area contributed by atoms with Gasteiger partial charge in [-0.3, -0.25) is 9.48 Å². The number of likely N-dealkylation sites (tertiary alicyclic amines) is 1. The zero-order chi connectivity index (χ0) is 22.6. The first-order valence-electron chi connectivity index (χ1n) is 11.4. The van der Waals surface area contributed by atoms with E-state index in [4.69, 9.17) is 10.4 Å². The molecule has 1 fully saturated rings. The molecule has 1 aliphatic rings. The second kappa shape index (κ2) is 9.54. The Morgan fingerprint density at radius 3 is 2.81 bits per heavy atom. The van der Waals surface area contributed by atoms with Crippen LogP contribution in [0.3, 0.4) is 0 Å². The fraction of sp³-hybridized carbons (Fsp3) is 0.423. The Morgan fingerprint density at radius 2 is 2.00 bits per heavy atom. The number of nitrogens with one attached hydrogen (secondary N) is 1. The molecule has 1 aliphatic heterocycles. The fourth-order valence-corrected chi connectivity index (χ4v) is 4.66. The van der Waals surface area contributed by atoms with Gasteiger partial charge in [0.05, 0.1) is 24.6 Å². The van der Waals surface area contributed by atoms with E-state index >= 15 is 0 Å². The van der Waals surface area contributed by atoms with Crippen molar-refractivity contribution in [1.82, 2.24) is 20.0 Å². The topological polar surface area (TPSA) is 74.0 Å². The van der Waals surface area contributed by atoms with Crippen LogP contribution in [0.4, 0.5) is 0 Å². The molecule has 0 atom stereocenters. The zero-order valence-corrected chi connectivity index (χ0v) is 19.0. The third-order valence-corrected chi connectivity index (χ3v) is 6.20. The minimum Gasteiger partial charge on any atom is -0.351 e. The number of aromatic nitrogens is 2. The highest BCUT2D eigenvalue weighted by atomic mass is 16.1. The van der Waals surface area contributed by atoms with E-state index in [2.05, 4.69) is 48.3 Å². The van der Waals surface area contributed by atoms with Crippen LogP contribution < -0.4 is 5.32 Å². The summed E-state index contributed by atoms with van der Waals surface area (Å²) in [6, 6.07) is 16.3. The van der Waals surface area contributed by atoms with Crippen molar-refractivity contribution in [3.8, 4) is 17.3 Å². The van der Waals surface area contributed by atoms with Crippen molar-refractivity contribution in [2.24, 2.45) is 5.41 Å². The van der Waals surface area contributed by atoms with Gasteiger partial charge >= 0.3 is 0 Å². The Hall–Kier alpha value is -3.17. The van der Waals surface area contributed by atoms with Crippen LogP contribution in [0.25, 0.3) is 22.0 Å². The second-order valence-electron chi connectivity index (χ2n) is 9.39. The summed E-state index contributed by atoms with van der Waals surface area (Å²) in [7, 11) is 0. The lowest BCUT2D eigenvalue weighted by molar-refractivity contribution is 0.0926. The highest BCUT2D eigenvalue weighted by molar-refractivity contribution is 6.04. The molecule has 1 amide bonds. The summed E-state index contributed by atoms with van der Waals surface area (Å²) in [4.78, 5) is 15.6. The van der Waals surface area contributed by atoms with Crippen LogP contribution in [-0.2, 0) is 6.54 Å². The quantitative estimate of drug-likeness (QED) is 0.601. The Morgan fingerprint density at radius 1 is 1.19 bits per heavy atom. The molecule has 1 saturated heterocycles. The lowest BCUT2D eigenvalue weighted by Gasteiger charge is -2.38. The van der Waals surface area contributed by atoms with Crippen molar-refractivity contribution in [3.05, 3.63) is 54.2 Å². The first-order chi connectivity index (χ1) is 15.5. The smallest absolute Gasteiger partial charge is 0.255 e. The van der Waals surface area contributed by atoms with E-state index in [1.165, 1.54) is 12.8 Å². The third-order valence-electron chi connectivity index (χ3n) is 6.20. The van der Waals surface area contributed by atoms with E-state index < -0.39 is 0 Å². The number of carbonyl (C=O) groups excluding carboxylic acids is 1. The summed E-state index contributed by atoms with van der Waals surface area (Å²) < 4.78 is 1.71. The molecule has 3 aromatic rings. The number of rotatable bonds is 7. The van der Waals surface area contributed by atoms with Gasteiger partial charge in [-0.1, -0.05) is 56.3 Å². The van der Waals surface area contributed by atoms with Crippen molar-refractivity contribution in [2.75, 3.05) is 26.2 Å². The molecule has 1 aromatic heterocycles. The summed E-state index contributed by atoms with van der Waals surface area (Å²) in [6.07, 6.45) is 4.58. The highest BCUT2D eigenvalue weighted by Crippen LogP contribution is 2.30. The minimum atomic E-state index is -0.118. The van der Waals surface area contributed by atoms with Gasteiger partial charge in [0.15, 0.2) is 0 Å². The van der Waals surface area contributed by atoms with E-state index in [0.717, 1.165) is 36.0 Å². The van der Waals surface area contributed by atoms with Crippen LogP contribution in [0.1, 0.15) is 43.5 Å². The summed E-state index contributed by atoms with van der Waals surface area (Å²) in [5.41, 5.74) is 2.49. The maximum absolute atomic E-state index is 13.2. The summed E-state index contributed by atoms with van der Waals surface area (Å²) >= 11 is 0. The van der Waals surface area contributed by atoms with Crippen LogP contribution in [-0.4, -0.2) is 46.8 Å². The molecule has 2 aromatic carbocycles. The van der Waals surface area contributed by atoms with Gasteiger partial charge in [-0.25, -0.2) is 0 Å². The number of carbonyl (C=O) groups is 1. The SMILES string of the molecule is CC1(C)CCCN(CCNC(=O)c2cn(CCC#N)nc2-c2cccc3ccccc23)C1.